The molecular weight excluding hydrogens is 337 g/mol. The van der Waals surface area contributed by atoms with Gasteiger partial charge in [0.15, 0.2) is 5.69 Å². The number of thiazole rings is 1. The Hall–Kier alpha value is -1.60. The first-order valence-electron chi connectivity index (χ1n) is 7.89. The fourth-order valence-corrected chi connectivity index (χ4v) is 3.97. The monoisotopic (exact) mass is 356 g/mol. The van der Waals surface area contributed by atoms with Crippen LogP contribution in [-0.2, 0) is 12.7 Å². The van der Waals surface area contributed by atoms with E-state index in [0.717, 1.165) is 36.5 Å². The maximum Gasteiger partial charge on any atom is 0.434 e. The second kappa shape index (κ2) is 7.11. The summed E-state index contributed by atoms with van der Waals surface area (Å²) >= 11 is 1.13. The van der Waals surface area contributed by atoms with E-state index in [9.17, 15) is 13.2 Å². The van der Waals surface area contributed by atoms with Crippen molar-refractivity contribution in [1.82, 2.24) is 9.88 Å². The van der Waals surface area contributed by atoms with Crippen molar-refractivity contribution < 1.29 is 17.9 Å². The third-order valence-corrected chi connectivity index (χ3v) is 5.06. The lowest BCUT2D eigenvalue weighted by Crippen LogP contribution is -2.34. The lowest BCUT2D eigenvalue weighted by Gasteiger charge is -2.24. The molecule has 1 aliphatic rings. The van der Waals surface area contributed by atoms with Crippen LogP contribution in [0.4, 0.5) is 13.2 Å². The zero-order chi connectivity index (χ0) is 17.2. The van der Waals surface area contributed by atoms with E-state index in [-0.39, 0.29) is 12.6 Å². The van der Waals surface area contributed by atoms with Crippen molar-refractivity contribution in [2.24, 2.45) is 0 Å². The third kappa shape index (κ3) is 4.08. The number of likely N-dealkylation sites (tertiary alicyclic amines) is 1. The summed E-state index contributed by atoms with van der Waals surface area (Å²) < 4.78 is 45.1. The van der Waals surface area contributed by atoms with Gasteiger partial charge in [0.25, 0.3) is 0 Å². The van der Waals surface area contributed by atoms with Crippen molar-refractivity contribution in [3.05, 3.63) is 45.9 Å². The van der Waals surface area contributed by atoms with Gasteiger partial charge in [0.2, 0.25) is 0 Å². The molecule has 3 rings (SSSR count). The zero-order valence-corrected chi connectivity index (χ0v) is 14.2. The summed E-state index contributed by atoms with van der Waals surface area (Å²) in [6, 6.07) is 9.61. The van der Waals surface area contributed by atoms with Gasteiger partial charge in [-0.1, -0.05) is 18.2 Å². The minimum atomic E-state index is -4.39. The van der Waals surface area contributed by atoms with E-state index in [1.807, 2.05) is 30.3 Å². The molecule has 24 heavy (non-hydrogen) atoms. The van der Waals surface area contributed by atoms with E-state index < -0.39 is 11.9 Å². The van der Waals surface area contributed by atoms with Crippen LogP contribution in [0, 0.1) is 6.92 Å². The highest BCUT2D eigenvalue weighted by Crippen LogP contribution is 2.35. The number of aromatic nitrogens is 1. The molecule has 0 saturated carbocycles. The summed E-state index contributed by atoms with van der Waals surface area (Å²) in [7, 11) is 0. The van der Waals surface area contributed by atoms with Gasteiger partial charge in [0.05, 0.1) is 9.88 Å². The molecule has 0 spiro atoms. The van der Waals surface area contributed by atoms with Gasteiger partial charge in [-0.05, 0) is 38.4 Å². The third-order valence-electron chi connectivity index (χ3n) is 4.10. The van der Waals surface area contributed by atoms with E-state index >= 15 is 0 Å². The molecule has 3 nitrogen and oxygen atoms in total. The smallest absolute Gasteiger partial charge is 0.434 e. The normalized spacial score (nSPS) is 18.9. The SMILES string of the molecule is Cc1nc(C(F)(F)F)c(CN2CCC[C@H]2COc2ccccc2)s1. The van der Waals surface area contributed by atoms with Crippen LogP contribution in [0.5, 0.6) is 5.75 Å². The van der Waals surface area contributed by atoms with Gasteiger partial charge in [-0.25, -0.2) is 4.98 Å². The average molecular weight is 356 g/mol. The van der Waals surface area contributed by atoms with Crippen LogP contribution in [-0.4, -0.2) is 29.1 Å². The van der Waals surface area contributed by atoms with Crippen LogP contribution in [0.2, 0.25) is 0 Å². The highest BCUT2D eigenvalue weighted by molar-refractivity contribution is 7.11. The first-order valence-corrected chi connectivity index (χ1v) is 8.70. The molecule has 2 heterocycles. The lowest BCUT2D eigenvalue weighted by molar-refractivity contribution is -0.141. The van der Waals surface area contributed by atoms with Crippen molar-refractivity contribution in [3.8, 4) is 5.75 Å². The molecule has 0 unspecified atom stereocenters. The molecule has 1 atom stereocenters. The minimum Gasteiger partial charge on any atom is -0.492 e. The lowest BCUT2D eigenvalue weighted by atomic mass is 10.2. The first kappa shape index (κ1) is 17.2. The van der Waals surface area contributed by atoms with E-state index in [1.54, 1.807) is 6.92 Å². The van der Waals surface area contributed by atoms with Crippen molar-refractivity contribution in [3.63, 3.8) is 0 Å². The number of hydrogen-bond donors (Lipinski definition) is 0. The number of para-hydroxylation sites is 1. The minimum absolute atomic E-state index is 0.133. The van der Waals surface area contributed by atoms with Crippen molar-refractivity contribution in [2.75, 3.05) is 13.2 Å². The van der Waals surface area contributed by atoms with Crippen LogP contribution in [0.1, 0.15) is 28.4 Å². The van der Waals surface area contributed by atoms with Crippen LogP contribution < -0.4 is 4.74 Å². The summed E-state index contributed by atoms with van der Waals surface area (Å²) in [6.45, 7) is 3.17. The van der Waals surface area contributed by atoms with Gasteiger partial charge in [-0.15, -0.1) is 11.3 Å². The number of nitrogens with zero attached hydrogens (tertiary/aromatic N) is 2. The molecule has 0 radical (unpaired) electrons. The zero-order valence-electron chi connectivity index (χ0n) is 13.3. The van der Waals surface area contributed by atoms with Crippen LogP contribution in [0.15, 0.2) is 30.3 Å². The molecule has 7 heteroatoms. The summed E-state index contributed by atoms with van der Waals surface area (Å²) in [6.07, 6.45) is -2.48. The Kier molecular flexibility index (Phi) is 5.10. The molecule has 0 N–H and O–H groups in total. The number of alkyl halides is 3. The fourth-order valence-electron chi connectivity index (χ4n) is 2.98. The molecule has 2 aromatic rings. The Bertz CT molecular complexity index is 672. The Morgan fingerprint density at radius 3 is 2.75 bits per heavy atom. The van der Waals surface area contributed by atoms with Crippen molar-refractivity contribution in [2.45, 2.75) is 38.5 Å². The van der Waals surface area contributed by atoms with Crippen LogP contribution >= 0.6 is 11.3 Å². The van der Waals surface area contributed by atoms with Crippen molar-refractivity contribution in [1.29, 1.82) is 0 Å². The summed E-state index contributed by atoms with van der Waals surface area (Å²) in [5.41, 5.74) is -0.736. The quantitative estimate of drug-likeness (QED) is 0.788. The molecule has 0 aliphatic carbocycles. The number of ether oxygens (including phenoxy) is 1. The Morgan fingerprint density at radius 2 is 2.04 bits per heavy atom. The summed E-state index contributed by atoms with van der Waals surface area (Å²) in [4.78, 5) is 6.05. The molecule has 1 fully saturated rings. The van der Waals surface area contributed by atoms with Gasteiger partial charge < -0.3 is 4.74 Å². The topological polar surface area (TPSA) is 25.4 Å². The molecule has 1 aromatic carbocycles. The number of hydrogen-bond acceptors (Lipinski definition) is 4. The van der Waals surface area contributed by atoms with E-state index in [2.05, 4.69) is 9.88 Å². The number of aryl methyl sites for hydroxylation is 1. The maximum atomic E-state index is 13.1. The standard InChI is InChI=1S/C17H19F3N2OS/c1-12-21-16(17(18,19)20)15(24-12)10-22-9-5-6-13(22)11-23-14-7-3-2-4-8-14/h2-4,7-8,13H,5-6,9-11H2,1H3/t13-/m0/s1. The van der Waals surface area contributed by atoms with Gasteiger partial charge in [0, 0.05) is 12.6 Å². The summed E-state index contributed by atoms with van der Waals surface area (Å²) in [5, 5.41) is 0.452. The van der Waals surface area contributed by atoms with Crippen LogP contribution in [0.25, 0.3) is 0 Å². The molecule has 1 saturated heterocycles. The molecule has 1 aromatic heterocycles. The van der Waals surface area contributed by atoms with E-state index in [1.165, 1.54) is 0 Å². The maximum absolute atomic E-state index is 13.1. The fraction of sp³-hybridized carbons (Fsp3) is 0.471. The second-order valence-electron chi connectivity index (χ2n) is 5.89. The largest absolute Gasteiger partial charge is 0.492 e. The predicted octanol–water partition coefficient (Wildman–Crippen LogP) is 4.51. The number of halogens is 3. The molecule has 0 amide bonds. The average Bonchev–Trinajstić information content (AvgIpc) is 3.13. The highest BCUT2D eigenvalue weighted by atomic mass is 32.1. The Labute approximate surface area is 143 Å². The summed E-state index contributed by atoms with van der Waals surface area (Å²) in [5.74, 6) is 0.786. The number of rotatable bonds is 5. The van der Waals surface area contributed by atoms with Gasteiger partial charge in [0.1, 0.15) is 12.4 Å². The van der Waals surface area contributed by atoms with E-state index in [4.69, 9.17) is 4.74 Å². The van der Waals surface area contributed by atoms with Gasteiger partial charge >= 0.3 is 6.18 Å². The second-order valence-corrected chi connectivity index (χ2v) is 7.18. The van der Waals surface area contributed by atoms with E-state index in [0.29, 0.717) is 16.5 Å². The van der Waals surface area contributed by atoms with Crippen molar-refractivity contribution >= 4 is 11.3 Å². The molecule has 0 bridgehead atoms. The molecule has 130 valence electrons. The number of benzene rings is 1. The Balaban J connectivity index is 1.66. The molecular formula is C17H19F3N2OS. The molecule has 1 aliphatic heterocycles. The predicted molar refractivity (Wildman–Crippen MR) is 87.2 cm³/mol. The Morgan fingerprint density at radius 1 is 1.29 bits per heavy atom. The first-order chi connectivity index (χ1) is 11.4. The van der Waals surface area contributed by atoms with Gasteiger partial charge in [-0.2, -0.15) is 13.2 Å². The van der Waals surface area contributed by atoms with Crippen LogP contribution in [0.3, 0.4) is 0 Å². The highest BCUT2D eigenvalue weighted by Gasteiger charge is 2.38. The van der Waals surface area contributed by atoms with Gasteiger partial charge in [-0.3, -0.25) is 4.90 Å².